The first kappa shape index (κ1) is 22.6. The Bertz CT molecular complexity index is 1040. The topological polar surface area (TPSA) is 88.4 Å². The van der Waals surface area contributed by atoms with Crippen LogP contribution in [0.4, 0.5) is 0 Å². The minimum Gasteiger partial charge on any atom is -0.489 e. The molecular formula is C24H25ClN2O4. The third kappa shape index (κ3) is 4.38. The van der Waals surface area contributed by atoms with Gasteiger partial charge in [-0.05, 0) is 36.4 Å². The van der Waals surface area contributed by atoms with Crippen LogP contribution in [0.5, 0.6) is 11.5 Å². The number of amides is 1. The molecule has 0 spiro atoms. The molecule has 0 aliphatic heterocycles. The third-order valence-electron chi connectivity index (χ3n) is 5.81. The van der Waals surface area contributed by atoms with Gasteiger partial charge in [-0.2, -0.15) is 5.26 Å². The zero-order valence-electron chi connectivity index (χ0n) is 18.2. The van der Waals surface area contributed by atoms with Gasteiger partial charge >= 0.3 is 5.97 Å². The van der Waals surface area contributed by atoms with Crippen molar-refractivity contribution in [2.75, 3.05) is 0 Å². The number of rotatable bonds is 5. The average Bonchev–Trinajstić information content (AvgIpc) is 2.70. The molecule has 1 fully saturated rings. The highest BCUT2D eigenvalue weighted by Crippen LogP contribution is 2.55. The summed E-state index contributed by atoms with van der Waals surface area (Å²) in [5, 5.41) is 12.5. The van der Waals surface area contributed by atoms with Gasteiger partial charge in [0, 0.05) is 35.4 Å². The smallest absolute Gasteiger partial charge is 0.308 e. The molecule has 0 heterocycles. The first-order valence-electron chi connectivity index (χ1n) is 9.92. The van der Waals surface area contributed by atoms with Crippen LogP contribution in [0.1, 0.15) is 50.5 Å². The molecule has 3 rings (SSSR count). The average molecular weight is 441 g/mol. The van der Waals surface area contributed by atoms with Crippen LogP contribution >= 0.6 is 11.6 Å². The molecule has 6 nitrogen and oxygen atoms in total. The van der Waals surface area contributed by atoms with Crippen LogP contribution in [0, 0.1) is 22.2 Å². The quantitative estimate of drug-likeness (QED) is 0.535. The predicted octanol–water partition coefficient (Wildman–Crippen LogP) is 4.75. The summed E-state index contributed by atoms with van der Waals surface area (Å²) in [6, 6.07) is 13.3. The molecule has 1 N–H and O–H groups in total. The van der Waals surface area contributed by atoms with Crippen molar-refractivity contribution in [1.82, 2.24) is 5.32 Å². The highest BCUT2D eigenvalue weighted by molar-refractivity contribution is 6.31. The molecule has 1 saturated carbocycles. The van der Waals surface area contributed by atoms with Gasteiger partial charge in [0.1, 0.15) is 23.7 Å². The van der Waals surface area contributed by atoms with E-state index < -0.39 is 5.97 Å². The molecule has 0 saturated heterocycles. The lowest BCUT2D eigenvalue weighted by Crippen LogP contribution is -2.74. The number of carbonyl (C=O) groups is 2. The number of benzene rings is 2. The van der Waals surface area contributed by atoms with Gasteiger partial charge in [0.15, 0.2) is 0 Å². The Kier molecular flexibility index (Phi) is 6.02. The Labute approximate surface area is 187 Å². The van der Waals surface area contributed by atoms with Crippen molar-refractivity contribution >= 4 is 23.5 Å². The van der Waals surface area contributed by atoms with Gasteiger partial charge < -0.3 is 14.8 Å². The zero-order valence-corrected chi connectivity index (χ0v) is 18.9. The largest absolute Gasteiger partial charge is 0.489 e. The van der Waals surface area contributed by atoms with Crippen LogP contribution < -0.4 is 14.8 Å². The van der Waals surface area contributed by atoms with E-state index >= 15 is 0 Å². The van der Waals surface area contributed by atoms with E-state index in [1.165, 1.54) is 6.92 Å². The molecule has 31 heavy (non-hydrogen) atoms. The second-order valence-electron chi connectivity index (χ2n) is 8.92. The fourth-order valence-corrected chi connectivity index (χ4v) is 4.86. The maximum absolute atomic E-state index is 12.8. The summed E-state index contributed by atoms with van der Waals surface area (Å²) in [7, 11) is 0. The minimum atomic E-state index is -0.412. The Morgan fingerprint density at radius 1 is 1.03 bits per heavy atom. The number of hydrogen-bond acceptors (Lipinski definition) is 5. The number of ether oxygens (including phenoxy) is 2. The monoisotopic (exact) mass is 440 g/mol. The Morgan fingerprint density at radius 2 is 1.61 bits per heavy atom. The molecule has 0 unspecified atom stereocenters. The maximum Gasteiger partial charge on any atom is 0.308 e. The summed E-state index contributed by atoms with van der Waals surface area (Å²) in [6.45, 7) is 9.50. The van der Waals surface area contributed by atoms with Gasteiger partial charge in [0.2, 0.25) is 0 Å². The molecule has 7 heteroatoms. The van der Waals surface area contributed by atoms with E-state index in [-0.39, 0.29) is 28.9 Å². The molecule has 162 valence electrons. The number of esters is 1. The molecule has 2 aromatic carbocycles. The SMILES string of the molecule is CC(=O)Oc1ccc(C(=O)N[C@H]2C(C)(C)[C@H](Oc3ccc(C#N)c(Cl)c3)C2(C)C)cc1. The minimum absolute atomic E-state index is 0.139. The van der Waals surface area contributed by atoms with Gasteiger partial charge in [-0.25, -0.2) is 0 Å². The number of nitriles is 1. The fraction of sp³-hybridized carbons (Fsp3) is 0.375. The van der Waals surface area contributed by atoms with Crippen molar-refractivity contribution in [3.63, 3.8) is 0 Å². The van der Waals surface area contributed by atoms with E-state index in [1.54, 1.807) is 42.5 Å². The molecule has 0 aromatic heterocycles. The zero-order chi connectivity index (χ0) is 23.0. The predicted molar refractivity (Wildman–Crippen MR) is 117 cm³/mol. The Morgan fingerprint density at radius 3 is 2.13 bits per heavy atom. The van der Waals surface area contributed by atoms with Gasteiger partial charge in [-0.15, -0.1) is 0 Å². The van der Waals surface area contributed by atoms with E-state index in [1.807, 2.05) is 33.8 Å². The van der Waals surface area contributed by atoms with Gasteiger partial charge in [0.05, 0.1) is 10.6 Å². The molecule has 0 bridgehead atoms. The lowest BCUT2D eigenvalue weighted by Gasteiger charge is -2.63. The van der Waals surface area contributed by atoms with E-state index in [0.717, 1.165) is 0 Å². The summed E-state index contributed by atoms with van der Waals surface area (Å²) in [5.74, 6) is 0.356. The second kappa shape index (κ2) is 8.24. The second-order valence-corrected chi connectivity index (χ2v) is 9.33. The number of halogens is 1. The van der Waals surface area contributed by atoms with Crippen LogP contribution in [-0.2, 0) is 4.79 Å². The Balaban J connectivity index is 1.72. The molecule has 0 radical (unpaired) electrons. The maximum atomic E-state index is 12.8. The van der Waals surface area contributed by atoms with Gasteiger partial charge in [-0.3, -0.25) is 9.59 Å². The van der Waals surface area contributed by atoms with Crippen molar-refractivity contribution in [1.29, 1.82) is 5.26 Å². The van der Waals surface area contributed by atoms with E-state index in [0.29, 0.717) is 27.6 Å². The van der Waals surface area contributed by atoms with Crippen LogP contribution in [-0.4, -0.2) is 24.0 Å². The van der Waals surface area contributed by atoms with Gasteiger partial charge in [0.25, 0.3) is 5.91 Å². The number of nitrogens with one attached hydrogen (secondary N) is 1. The normalized spacial score (nSPS) is 20.7. The highest BCUT2D eigenvalue weighted by Gasteiger charge is 2.64. The van der Waals surface area contributed by atoms with Crippen LogP contribution in [0.15, 0.2) is 42.5 Å². The van der Waals surface area contributed by atoms with E-state index in [4.69, 9.17) is 26.3 Å². The third-order valence-corrected chi connectivity index (χ3v) is 6.12. The van der Waals surface area contributed by atoms with Crippen LogP contribution in [0.2, 0.25) is 5.02 Å². The molecule has 1 aliphatic rings. The van der Waals surface area contributed by atoms with Crippen molar-refractivity contribution in [3.8, 4) is 17.6 Å². The standard InChI is InChI=1S/C24H25ClN2O4/c1-14(28)30-17-9-6-15(7-10-17)20(29)27-21-23(2,3)22(24(21,4)5)31-18-11-8-16(13-26)19(25)12-18/h6-12,21-22H,1-5H3,(H,27,29)/t21-,22-. The summed E-state index contributed by atoms with van der Waals surface area (Å²) in [6.07, 6.45) is -0.180. The molecule has 1 amide bonds. The first-order chi connectivity index (χ1) is 14.5. The first-order valence-corrected chi connectivity index (χ1v) is 10.3. The highest BCUT2D eigenvalue weighted by atomic mass is 35.5. The van der Waals surface area contributed by atoms with Crippen molar-refractivity contribution in [2.45, 2.75) is 46.8 Å². The summed E-state index contributed by atoms with van der Waals surface area (Å²) < 4.78 is 11.2. The molecule has 1 aliphatic carbocycles. The van der Waals surface area contributed by atoms with E-state index in [2.05, 4.69) is 5.32 Å². The molecule has 0 atom stereocenters. The van der Waals surface area contributed by atoms with Crippen molar-refractivity contribution in [2.24, 2.45) is 10.8 Å². The van der Waals surface area contributed by atoms with Crippen molar-refractivity contribution < 1.29 is 19.1 Å². The molecule has 2 aromatic rings. The van der Waals surface area contributed by atoms with Crippen LogP contribution in [0.3, 0.4) is 0 Å². The number of hydrogen-bond donors (Lipinski definition) is 1. The molecular weight excluding hydrogens is 416 g/mol. The Hall–Kier alpha value is -3.04. The number of nitrogens with zero attached hydrogens (tertiary/aromatic N) is 1. The fourth-order valence-electron chi connectivity index (χ4n) is 4.65. The lowest BCUT2D eigenvalue weighted by molar-refractivity contribution is -0.164. The summed E-state index contributed by atoms with van der Waals surface area (Å²) >= 11 is 6.13. The number of carbonyl (C=O) groups excluding carboxylic acids is 2. The van der Waals surface area contributed by atoms with Crippen LogP contribution in [0.25, 0.3) is 0 Å². The van der Waals surface area contributed by atoms with Crippen molar-refractivity contribution in [3.05, 3.63) is 58.6 Å². The van der Waals surface area contributed by atoms with Gasteiger partial charge in [-0.1, -0.05) is 39.3 Å². The summed E-state index contributed by atoms with van der Waals surface area (Å²) in [5.41, 5.74) is 0.172. The summed E-state index contributed by atoms with van der Waals surface area (Å²) in [4.78, 5) is 23.9. The van der Waals surface area contributed by atoms with E-state index in [9.17, 15) is 9.59 Å². The lowest BCUT2D eigenvalue weighted by atomic mass is 9.49.